The predicted octanol–water partition coefficient (Wildman–Crippen LogP) is 2.75. The number of Topliss-reactive ketones (excluding diaryl/α,β-unsaturated/α-hetero) is 2. The van der Waals surface area contributed by atoms with Gasteiger partial charge in [-0.2, -0.15) is 0 Å². The van der Waals surface area contributed by atoms with Crippen molar-refractivity contribution in [2.24, 2.45) is 22.2 Å². The lowest BCUT2D eigenvalue weighted by atomic mass is 9.59. The summed E-state index contributed by atoms with van der Waals surface area (Å²) >= 11 is 0. The van der Waals surface area contributed by atoms with Crippen LogP contribution in [0.5, 0.6) is 0 Å². The maximum absolute atomic E-state index is 12.0. The summed E-state index contributed by atoms with van der Waals surface area (Å²) in [6.45, 7) is 6.45. The zero-order chi connectivity index (χ0) is 11.8. The molecule has 3 saturated carbocycles. The van der Waals surface area contributed by atoms with Crippen molar-refractivity contribution < 1.29 is 9.59 Å². The Bertz CT molecular complexity index is 396. The first kappa shape index (κ1) is 10.5. The van der Waals surface area contributed by atoms with E-state index in [1.807, 2.05) is 0 Å². The lowest BCUT2D eigenvalue weighted by molar-refractivity contribution is -0.130. The molecule has 3 rings (SSSR count). The van der Waals surface area contributed by atoms with Gasteiger partial charge in [0.25, 0.3) is 0 Å². The highest BCUT2D eigenvalue weighted by molar-refractivity contribution is 5.91. The molecule has 0 saturated heterocycles. The van der Waals surface area contributed by atoms with E-state index in [0.717, 1.165) is 25.7 Å². The summed E-state index contributed by atoms with van der Waals surface area (Å²) in [5, 5.41) is 0. The number of carbonyl (C=O) groups is 2. The van der Waals surface area contributed by atoms with Crippen LogP contribution in [0.1, 0.15) is 52.9 Å². The van der Waals surface area contributed by atoms with Crippen molar-refractivity contribution in [2.45, 2.75) is 52.9 Å². The summed E-state index contributed by atoms with van der Waals surface area (Å²) in [6.07, 6.45) is 4.54. The van der Waals surface area contributed by atoms with E-state index >= 15 is 0 Å². The Balaban J connectivity index is 2.02. The molecule has 2 heteroatoms. The Morgan fingerprint density at radius 1 is 1.06 bits per heavy atom. The van der Waals surface area contributed by atoms with Crippen molar-refractivity contribution in [3.8, 4) is 0 Å². The van der Waals surface area contributed by atoms with E-state index in [1.165, 1.54) is 0 Å². The maximum Gasteiger partial charge on any atom is 0.139 e. The fourth-order valence-electron chi connectivity index (χ4n) is 4.58. The van der Waals surface area contributed by atoms with E-state index < -0.39 is 0 Å². The van der Waals surface area contributed by atoms with Gasteiger partial charge in [0.2, 0.25) is 0 Å². The lowest BCUT2D eigenvalue weighted by Crippen LogP contribution is -2.41. The predicted molar refractivity (Wildman–Crippen MR) is 60.9 cm³/mol. The molecule has 3 atom stereocenters. The summed E-state index contributed by atoms with van der Waals surface area (Å²) in [5.74, 6) is 1.15. The highest BCUT2D eigenvalue weighted by Crippen LogP contribution is 2.77. The number of hydrogen-bond donors (Lipinski definition) is 0. The van der Waals surface area contributed by atoms with Gasteiger partial charge in [-0.25, -0.2) is 0 Å². The van der Waals surface area contributed by atoms with Crippen molar-refractivity contribution in [1.82, 2.24) is 0 Å². The van der Waals surface area contributed by atoms with Crippen LogP contribution in [0.3, 0.4) is 0 Å². The Hall–Kier alpha value is -0.660. The van der Waals surface area contributed by atoms with E-state index in [1.54, 1.807) is 0 Å². The monoisotopic (exact) mass is 220 g/mol. The summed E-state index contributed by atoms with van der Waals surface area (Å²) in [6, 6.07) is 0. The van der Waals surface area contributed by atoms with Crippen molar-refractivity contribution in [2.75, 3.05) is 0 Å². The van der Waals surface area contributed by atoms with E-state index in [2.05, 4.69) is 20.8 Å². The third-order valence-electron chi connectivity index (χ3n) is 6.31. The van der Waals surface area contributed by atoms with E-state index in [4.69, 9.17) is 0 Å². The molecule has 2 nitrogen and oxygen atoms in total. The van der Waals surface area contributed by atoms with Crippen molar-refractivity contribution in [3.05, 3.63) is 0 Å². The smallest absolute Gasteiger partial charge is 0.139 e. The summed E-state index contributed by atoms with van der Waals surface area (Å²) < 4.78 is 0. The second-order valence-corrected chi connectivity index (χ2v) is 6.76. The Labute approximate surface area is 96.8 Å². The fourth-order valence-corrected chi connectivity index (χ4v) is 4.58. The molecule has 16 heavy (non-hydrogen) atoms. The fraction of sp³-hybridized carbons (Fsp3) is 0.857. The molecular weight excluding hydrogens is 200 g/mol. The zero-order valence-corrected chi connectivity index (χ0v) is 10.4. The second kappa shape index (κ2) is 2.60. The Morgan fingerprint density at radius 3 is 2.12 bits per heavy atom. The van der Waals surface area contributed by atoms with Gasteiger partial charge in [0.1, 0.15) is 11.6 Å². The van der Waals surface area contributed by atoms with Crippen molar-refractivity contribution in [1.29, 1.82) is 0 Å². The quantitative estimate of drug-likeness (QED) is 0.681. The molecule has 88 valence electrons. The molecule has 0 unspecified atom stereocenters. The molecule has 0 bridgehead atoms. The third-order valence-corrected chi connectivity index (χ3v) is 6.31. The van der Waals surface area contributed by atoms with Crippen LogP contribution in [0.2, 0.25) is 0 Å². The van der Waals surface area contributed by atoms with E-state index in [0.29, 0.717) is 23.9 Å². The van der Waals surface area contributed by atoms with Crippen molar-refractivity contribution >= 4 is 11.6 Å². The van der Waals surface area contributed by atoms with Gasteiger partial charge in [0.15, 0.2) is 0 Å². The summed E-state index contributed by atoms with van der Waals surface area (Å²) in [5.41, 5.74) is 0.0278. The van der Waals surface area contributed by atoms with E-state index in [9.17, 15) is 9.59 Å². The third kappa shape index (κ3) is 0.869. The molecule has 0 heterocycles. The van der Waals surface area contributed by atoms with Crippen LogP contribution in [-0.4, -0.2) is 11.6 Å². The molecule has 0 spiro atoms. The summed E-state index contributed by atoms with van der Waals surface area (Å²) in [7, 11) is 0. The average molecular weight is 220 g/mol. The van der Waals surface area contributed by atoms with Gasteiger partial charge in [0.05, 0.1) is 0 Å². The lowest BCUT2D eigenvalue weighted by Gasteiger charge is -2.44. The molecule has 0 aromatic carbocycles. The zero-order valence-electron chi connectivity index (χ0n) is 10.4. The highest BCUT2D eigenvalue weighted by Gasteiger charge is 2.74. The topological polar surface area (TPSA) is 34.1 Å². The molecule has 3 aliphatic rings. The van der Waals surface area contributed by atoms with Gasteiger partial charge in [-0.05, 0) is 30.1 Å². The van der Waals surface area contributed by atoms with Gasteiger partial charge >= 0.3 is 0 Å². The Kier molecular flexibility index (Phi) is 1.70. The van der Waals surface area contributed by atoms with Gasteiger partial charge in [-0.1, -0.05) is 20.8 Å². The molecule has 0 amide bonds. The van der Waals surface area contributed by atoms with Gasteiger partial charge < -0.3 is 0 Å². The molecule has 0 aromatic heterocycles. The first-order valence-corrected chi connectivity index (χ1v) is 6.41. The number of fused-ring (bicyclic) bond motifs is 1. The molecule has 0 radical (unpaired) electrons. The van der Waals surface area contributed by atoms with Crippen LogP contribution in [-0.2, 0) is 9.59 Å². The normalized spacial score (nSPS) is 49.6. The second-order valence-electron chi connectivity index (χ2n) is 6.76. The molecule has 0 aromatic rings. The number of carbonyl (C=O) groups excluding carboxylic acids is 2. The van der Waals surface area contributed by atoms with Crippen molar-refractivity contribution in [3.63, 3.8) is 0 Å². The first-order chi connectivity index (χ1) is 7.35. The van der Waals surface area contributed by atoms with Gasteiger partial charge in [0, 0.05) is 24.2 Å². The minimum Gasteiger partial charge on any atom is -0.299 e. The van der Waals surface area contributed by atoms with Gasteiger partial charge in [-0.3, -0.25) is 9.59 Å². The van der Waals surface area contributed by atoms with Crippen LogP contribution in [0.15, 0.2) is 0 Å². The van der Waals surface area contributed by atoms with Crippen LogP contribution < -0.4 is 0 Å². The SMILES string of the molecule is CC1(C)C(=O)CC[C@@]1(C)[C@]12CCC(=O)[C@@H]1C2. The summed E-state index contributed by atoms with van der Waals surface area (Å²) in [4.78, 5) is 23.8. The highest BCUT2D eigenvalue weighted by atomic mass is 16.1. The number of ketones is 2. The molecule has 3 aliphatic carbocycles. The van der Waals surface area contributed by atoms with Crippen LogP contribution in [0, 0.1) is 22.2 Å². The van der Waals surface area contributed by atoms with Crippen LogP contribution >= 0.6 is 0 Å². The average Bonchev–Trinajstić information content (AvgIpc) is 2.84. The molecule has 0 aliphatic heterocycles. The van der Waals surface area contributed by atoms with Gasteiger partial charge in [-0.15, -0.1) is 0 Å². The largest absolute Gasteiger partial charge is 0.299 e. The minimum atomic E-state index is -0.230. The molecule has 0 N–H and O–H groups in total. The maximum atomic E-state index is 12.0. The first-order valence-electron chi connectivity index (χ1n) is 6.41. The van der Waals surface area contributed by atoms with Crippen LogP contribution in [0.25, 0.3) is 0 Å². The van der Waals surface area contributed by atoms with E-state index in [-0.39, 0.29) is 16.2 Å². The minimum absolute atomic E-state index is 0.0634. The van der Waals surface area contributed by atoms with Crippen LogP contribution in [0.4, 0.5) is 0 Å². The molecular formula is C14H20O2. The molecule has 3 fully saturated rings. The number of rotatable bonds is 1. The Morgan fingerprint density at radius 2 is 1.75 bits per heavy atom. The number of hydrogen-bond acceptors (Lipinski definition) is 2. The standard InChI is InChI=1S/C14H20O2/c1-12(2)11(16)5-6-13(12,3)14-7-4-10(15)9(14)8-14/h9H,4-8H2,1-3H3/t9-,13+,14-/m0/s1.